The van der Waals surface area contributed by atoms with Gasteiger partial charge < -0.3 is 15.2 Å². The Kier molecular flexibility index (Phi) is 8.69. The summed E-state index contributed by atoms with van der Waals surface area (Å²) in [5.41, 5.74) is 12.9. The van der Waals surface area contributed by atoms with E-state index in [1.807, 2.05) is 18.3 Å². The average Bonchev–Trinajstić information content (AvgIpc) is 3.70. The molecule has 54 heavy (non-hydrogen) atoms. The zero-order valence-electron chi connectivity index (χ0n) is 36.0. The Balaban J connectivity index is 0.000000199. The zero-order valence-corrected chi connectivity index (χ0v) is 34.4. The van der Waals surface area contributed by atoms with Crippen LogP contribution in [0.5, 0.6) is 0 Å². The fraction of sp³-hybridized carbons (Fsp3) is 0.163. The summed E-state index contributed by atoms with van der Waals surface area (Å²) in [5, 5.41) is 6.39. The number of rotatable bonds is 5. The number of benzene rings is 6. The van der Waals surface area contributed by atoms with E-state index in [0.29, 0.717) is 11.3 Å². The Morgan fingerprint density at radius 2 is 1.50 bits per heavy atom. The largest absolute Gasteiger partial charge is 3.00 e. The van der Waals surface area contributed by atoms with E-state index in [0.717, 1.165) is 22.6 Å². The predicted octanol–water partition coefficient (Wildman–Crippen LogP) is 12.7. The van der Waals surface area contributed by atoms with Gasteiger partial charge in [0, 0.05) is 24.4 Å². The minimum Gasteiger partial charge on any atom is -0.661 e. The molecule has 1 aromatic heterocycles. The third kappa shape index (κ3) is 7.12. The third-order valence-corrected chi connectivity index (χ3v) is 12.3. The number of hydrogen-bond acceptors (Lipinski definition) is 2. The minimum absolute atomic E-state index is 0. The van der Waals surface area contributed by atoms with E-state index in [9.17, 15) is 0 Å². The van der Waals surface area contributed by atoms with Crippen LogP contribution in [-0.2, 0) is 25.5 Å². The van der Waals surface area contributed by atoms with Gasteiger partial charge in [-0.05, 0) is 62.9 Å². The Morgan fingerprint density at radius 3 is 2.22 bits per heavy atom. The second-order valence-electron chi connectivity index (χ2n) is 15.2. The fourth-order valence-electron chi connectivity index (χ4n) is 7.32. The third-order valence-electron chi connectivity index (χ3n) is 10.3. The molecule has 0 saturated carbocycles. The first-order chi connectivity index (χ1) is 27.6. The molecule has 2 heterocycles. The number of para-hydroxylation sites is 2. The summed E-state index contributed by atoms with van der Waals surface area (Å²) >= 11 is 0. The number of pyridine rings is 1. The topological polar surface area (TPSA) is 30.2 Å². The molecule has 6 aromatic carbocycles. The van der Waals surface area contributed by atoms with Crippen LogP contribution in [0.25, 0.3) is 38.8 Å². The van der Waals surface area contributed by atoms with Gasteiger partial charge in [-0.1, -0.05) is 137 Å². The van der Waals surface area contributed by atoms with Gasteiger partial charge >= 0.3 is 20.1 Å². The van der Waals surface area contributed by atoms with E-state index in [1.165, 1.54) is 44.6 Å². The standard InChI is InChI=1S/C34H26N2.C15H18NSi.Ir/c1-34(2)29-13-7-6-12-27(29)28-22-25(18-21-30(28)34)33-35-31-14-8-9-15-32(31)36(33)26-19-16-24(17-20-26)23-10-4-3-5-11-23;1-12-5-7-13(8-6-12)15-10-9-14(11-16-15)17(2,3)4;/h3-17,19-22,33H,1-2H3;5-7,9-11H,1-4H3;/q-2;-1;+3/i;1D3,5D,6D;. The summed E-state index contributed by atoms with van der Waals surface area (Å²) in [7, 11) is -1.43. The molecular weight excluding hydrogens is 851 g/mol. The van der Waals surface area contributed by atoms with Crippen molar-refractivity contribution in [2.24, 2.45) is 0 Å². The van der Waals surface area contributed by atoms with Gasteiger partial charge in [-0.25, -0.2) is 0 Å². The minimum atomic E-state index is -2.47. The smallest absolute Gasteiger partial charge is 0.661 e. The van der Waals surface area contributed by atoms with Gasteiger partial charge in [-0.3, -0.25) is 0 Å². The van der Waals surface area contributed by atoms with Crippen LogP contribution >= 0.6 is 0 Å². The molecular formula is C49H44IrN3Si. The van der Waals surface area contributed by atoms with Crippen molar-refractivity contribution in [3.63, 3.8) is 0 Å². The average molecular weight is 900 g/mol. The second kappa shape index (κ2) is 15.0. The molecule has 0 radical (unpaired) electrons. The molecule has 268 valence electrons. The summed E-state index contributed by atoms with van der Waals surface area (Å²) in [6.45, 7) is 8.82. The number of hydrogen-bond donors (Lipinski definition) is 0. The van der Waals surface area contributed by atoms with E-state index in [1.54, 1.807) is 0 Å². The summed E-state index contributed by atoms with van der Waals surface area (Å²) in [6.07, 6.45) is 1.66. The van der Waals surface area contributed by atoms with E-state index < -0.39 is 14.9 Å². The van der Waals surface area contributed by atoms with Gasteiger partial charge in [0.2, 0.25) is 0 Å². The van der Waals surface area contributed by atoms with Crippen LogP contribution in [0, 0.1) is 19.0 Å². The van der Waals surface area contributed by atoms with Crippen molar-refractivity contribution in [2.75, 3.05) is 4.90 Å². The van der Waals surface area contributed by atoms with Crippen molar-refractivity contribution in [1.82, 2.24) is 4.98 Å². The molecule has 0 amide bonds. The summed E-state index contributed by atoms with van der Waals surface area (Å²) in [4.78, 5) is 6.73. The van der Waals surface area contributed by atoms with Crippen LogP contribution in [0.1, 0.15) is 49.1 Å². The molecule has 0 fully saturated rings. The van der Waals surface area contributed by atoms with Crippen LogP contribution in [0.3, 0.4) is 0 Å². The second-order valence-corrected chi connectivity index (χ2v) is 20.2. The van der Waals surface area contributed by atoms with E-state index >= 15 is 0 Å². The van der Waals surface area contributed by atoms with Crippen molar-refractivity contribution in [1.29, 1.82) is 0 Å². The van der Waals surface area contributed by atoms with Gasteiger partial charge in [-0.15, -0.1) is 52.2 Å². The van der Waals surface area contributed by atoms with Crippen LogP contribution < -0.4 is 10.1 Å². The van der Waals surface area contributed by atoms with Crippen molar-refractivity contribution in [3.8, 4) is 33.5 Å². The molecule has 0 spiro atoms. The molecule has 0 saturated heterocycles. The Bertz CT molecular complexity index is 2600. The Hall–Kier alpha value is -5.06. The molecule has 1 aliphatic heterocycles. The van der Waals surface area contributed by atoms with Gasteiger partial charge in [0.25, 0.3) is 0 Å². The Labute approximate surface area is 342 Å². The molecule has 1 aliphatic carbocycles. The first-order valence-corrected chi connectivity index (χ1v) is 21.5. The Morgan fingerprint density at radius 1 is 0.778 bits per heavy atom. The molecule has 0 bridgehead atoms. The van der Waals surface area contributed by atoms with Crippen LogP contribution in [0.2, 0.25) is 19.6 Å². The first-order valence-electron chi connectivity index (χ1n) is 20.5. The van der Waals surface area contributed by atoms with Crippen molar-refractivity contribution in [2.45, 2.75) is 51.9 Å². The number of aromatic nitrogens is 1. The van der Waals surface area contributed by atoms with Crippen molar-refractivity contribution < 1.29 is 27.0 Å². The van der Waals surface area contributed by atoms with Gasteiger partial charge in [-0.2, -0.15) is 23.8 Å². The SMILES string of the molecule is CC1(C)c2c[c-]c(C3[N-]c4ccccc4N3c3ccc(-c4ccccc4)cc3)cc2-c2ccccc21.[2H]c1[c-]c(-c2ccc([Si](C)(C)C)cn2)cc([2H])c1C([2H])([2H])[2H].[Ir+3]. The molecule has 1 unspecified atom stereocenters. The predicted molar refractivity (Wildman–Crippen MR) is 225 cm³/mol. The molecule has 9 rings (SSSR count). The van der Waals surface area contributed by atoms with E-state index in [2.05, 4.69) is 171 Å². The number of anilines is 2. The zero-order chi connectivity index (χ0) is 41.0. The first kappa shape index (κ1) is 31.3. The maximum Gasteiger partial charge on any atom is 3.00 e. The monoisotopic (exact) mass is 900 g/mol. The number of fused-ring (bicyclic) bond motifs is 4. The van der Waals surface area contributed by atoms with Crippen molar-refractivity contribution >= 4 is 30.3 Å². The molecule has 3 nitrogen and oxygen atoms in total. The molecule has 2 aliphatic rings. The maximum absolute atomic E-state index is 7.88. The van der Waals surface area contributed by atoms with Crippen LogP contribution in [0.15, 0.2) is 152 Å². The normalized spacial score (nSPS) is 16.4. The van der Waals surface area contributed by atoms with E-state index in [4.69, 9.17) is 12.2 Å². The number of nitrogens with zero attached hydrogens (tertiary/aromatic N) is 3. The van der Waals surface area contributed by atoms with Gasteiger partial charge in [0.05, 0.1) is 8.07 Å². The quantitative estimate of drug-likeness (QED) is 0.127. The summed E-state index contributed by atoms with van der Waals surface area (Å²) in [5.74, 6) is 0. The van der Waals surface area contributed by atoms with E-state index in [-0.39, 0.29) is 49.3 Å². The fourth-order valence-corrected chi connectivity index (χ4v) is 8.35. The van der Waals surface area contributed by atoms with Crippen molar-refractivity contribution in [3.05, 3.63) is 191 Å². The van der Waals surface area contributed by atoms with Gasteiger partial charge in [0.15, 0.2) is 0 Å². The maximum atomic E-state index is 7.88. The molecule has 0 N–H and O–H groups in total. The molecule has 1 atom stereocenters. The van der Waals surface area contributed by atoms with Crippen LogP contribution in [0.4, 0.5) is 17.1 Å². The van der Waals surface area contributed by atoms with Crippen LogP contribution in [-0.4, -0.2) is 13.1 Å². The molecule has 5 heteroatoms. The molecule has 7 aromatic rings. The summed E-state index contributed by atoms with van der Waals surface area (Å²) < 4.78 is 37.9. The summed E-state index contributed by atoms with van der Waals surface area (Å²) in [6, 6.07) is 52.2. The van der Waals surface area contributed by atoms with Gasteiger partial charge in [0.1, 0.15) is 0 Å².